The fourth-order valence-electron chi connectivity index (χ4n) is 1.03. The van der Waals surface area contributed by atoms with Crippen molar-refractivity contribution >= 4 is 11.3 Å². The molecule has 1 atom stereocenters. The largest absolute Gasteiger partial charge is 0.302 e. The third kappa shape index (κ3) is 2.12. The minimum absolute atomic E-state index is 0.0934. The van der Waals surface area contributed by atoms with Gasteiger partial charge >= 0.3 is 0 Å². The molecule has 0 aliphatic heterocycles. The molecule has 2 aromatic heterocycles. The van der Waals surface area contributed by atoms with Gasteiger partial charge in [-0.3, -0.25) is 4.98 Å². The van der Waals surface area contributed by atoms with E-state index in [-0.39, 0.29) is 6.04 Å². The van der Waals surface area contributed by atoms with Gasteiger partial charge in [0.2, 0.25) is 0 Å². The maximum atomic E-state index is 3.99. The van der Waals surface area contributed by atoms with Crippen LogP contribution < -0.4 is 5.32 Å². The molecule has 2 aromatic rings. The number of thiazole rings is 1. The summed E-state index contributed by atoms with van der Waals surface area (Å²) < 4.78 is 0. The van der Waals surface area contributed by atoms with Crippen molar-refractivity contribution in [2.45, 2.75) is 19.5 Å². The van der Waals surface area contributed by atoms with Gasteiger partial charge in [-0.05, 0) is 6.92 Å². The lowest BCUT2D eigenvalue weighted by molar-refractivity contribution is 0.550. The molecule has 7 heteroatoms. The van der Waals surface area contributed by atoms with Gasteiger partial charge in [0.05, 0.1) is 11.6 Å². The Morgan fingerprint density at radius 3 is 3.21 bits per heavy atom. The molecule has 0 spiro atoms. The normalized spacial score (nSPS) is 12.9. The first-order valence-corrected chi connectivity index (χ1v) is 5.08. The van der Waals surface area contributed by atoms with Crippen molar-refractivity contribution in [3.63, 3.8) is 0 Å². The molecule has 14 heavy (non-hydrogen) atoms. The van der Waals surface area contributed by atoms with Crippen LogP contribution >= 0.6 is 11.3 Å². The monoisotopic (exact) mass is 210 g/mol. The minimum Gasteiger partial charge on any atom is -0.302 e. The lowest BCUT2D eigenvalue weighted by atomic mass is 10.3. The standard InChI is InChI=1S/C7H10N6S/c1-5(7-10-12-13-11-7)9-3-6-2-8-4-14-6/h2,4-5,9H,3H2,1H3,(H,10,11,12,13). The highest BCUT2D eigenvalue weighted by molar-refractivity contribution is 7.09. The summed E-state index contributed by atoms with van der Waals surface area (Å²) in [6.45, 7) is 2.77. The first-order chi connectivity index (χ1) is 6.86. The molecular weight excluding hydrogens is 200 g/mol. The number of aromatic nitrogens is 5. The number of rotatable bonds is 4. The Morgan fingerprint density at radius 2 is 2.57 bits per heavy atom. The summed E-state index contributed by atoms with van der Waals surface area (Å²) in [7, 11) is 0. The third-order valence-electron chi connectivity index (χ3n) is 1.81. The van der Waals surface area contributed by atoms with Crippen LogP contribution in [0.1, 0.15) is 23.7 Å². The van der Waals surface area contributed by atoms with Crippen LogP contribution in [0.5, 0.6) is 0 Å². The second-order valence-corrected chi connectivity index (χ2v) is 3.81. The van der Waals surface area contributed by atoms with E-state index in [1.165, 1.54) is 4.88 Å². The molecule has 2 heterocycles. The fourth-order valence-corrected chi connectivity index (χ4v) is 1.57. The summed E-state index contributed by atoms with van der Waals surface area (Å²) in [5.41, 5.74) is 1.82. The van der Waals surface area contributed by atoms with Gasteiger partial charge in [0.15, 0.2) is 5.82 Å². The first-order valence-electron chi connectivity index (χ1n) is 4.20. The van der Waals surface area contributed by atoms with Crippen LogP contribution in [-0.2, 0) is 6.54 Å². The molecule has 0 fully saturated rings. The average Bonchev–Trinajstić information content (AvgIpc) is 2.87. The molecule has 0 aliphatic carbocycles. The number of tetrazole rings is 1. The molecule has 6 nitrogen and oxygen atoms in total. The van der Waals surface area contributed by atoms with Crippen LogP contribution in [0.25, 0.3) is 0 Å². The van der Waals surface area contributed by atoms with Crippen LogP contribution in [0.2, 0.25) is 0 Å². The van der Waals surface area contributed by atoms with Crippen LogP contribution in [-0.4, -0.2) is 25.6 Å². The van der Waals surface area contributed by atoms with E-state index in [4.69, 9.17) is 0 Å². The average molecular weight is 210 g/mol. The summed E-state index contributed by atoms with van der Waals surface area (Å²) in [6, 6.07) is 0.0934. The Labute approximate surface area is 84.8 Å². The SMILES string of the molecule is CC(NCc1cncs1)c1nn[nH]n1. The molecule has 0 saturated heterocycles. The van der Waals surface area contributed by atoms with Gasteiger partial charge in [-0.2, -0.15) is 5.21 Å². The fraction of sp³-hybridized carbons (Fsp3) is 0.429. The molecule has 0 radical (unpaired) electrons. The Bertz CT molecular complexity index is 355. The van der Waals surface area contributed by atoms with Gasteiger partial charge in [-0.15, -0.1) is 21.5 Å². The van der Waals surface area contributed by atoms with Gasteiger partial charge < -0.3 is 5.32 Å². The van der Waals surface area contributed by atoms with Gasteiger partial charge in [0.25, 0.3) is 0 Å². The maximum absolute atomic E-state index is 3.99. The van der Waals surface area contributed by atoms with Crippen molar-refractivity contribution in [3.05, 3.63) is 22.4 Å². The van der Waals surface area contributed by atoms with Gasteiger partial charge in [-0.1, -0.05) is 5.21 Å². The van der Waals surface area contributed by atoms with E-state index in [0.29, 0.717) is 5.82 Å². The number of nitrogens with one attached hydrogen (secondary N) is 2. The summed E-state index contributed by atoms with van der Waals surface area (Å²) in [5.74, 6) is 0.675. The van der Waals surface area contributed by atoms with Crippen LogP contribution in [0.3, 0.4) is 0 Å². The van der Waals surface area contributed by atoms with Gasteiger partial charge in [0, 0.05) is 17.6 Å². The quantitative estimate of drug-likeness (QED) is 0.768. The van der Waals surface area contributed by atoms with E-state index >= 15 is 0 Å². The molecule has 2 rings (SSSR count). The minimum atomic E-state index is 0.0934. The molecule has 1 unspecified atom stereocenters. The van der Waals surface area contributed by atoms with E-state index in [9.17, 15) is 0 Å². The van der Waals surface area contributed by atoms with Crippen molar-refractivity contribution in [1.29, 1.82) is 0 Å². The Morgan fingerprint density at radius 1 is 1.64 bits per heavy atom. The summed E-state index contributed by atoms with van der Waals surface area (Å²) in [5, 5.41) is 17.0. The molecular formula is C7H10N6S. The first kappa shape index (κ1) is 9.22. The lowest BCUT2D eigenvalue weighted by Crippen LogP contribution is -2.18. The molecule has 0 bridgehead atoms. The highest BCUT2D eigenvalue weighted by Crippen LogP contribution is 2.08. The molecule has 0 aliphatic rings. The van der Waals surface area contributed by atoms with Gasteiger partial charge in [-0.25, -0.2) is 0 Å². The smallest absolute Gasteiger partial charge is 0.191 e. The van der Waals surface area contributed by atoms with E-state index in [1.54, 1.807) is 11.3 Å². The molecule has 2 N–H and O–H groups in total. The van der Waals surface area contributed by atoms with Crippen molar-refractivity contribution < 1.29 is 0 Å². The van der Waals surface area contributed by atoms with E-state index in [1.807, 2.05) is 18.6 Å². The number of hydrogen-bond donors (Lipinski definition) is 2. The van der Waals surface area contributed by atoms with Gasteiger partial charge in [0.1, 0.15) is 0 Å². The van der Waals surface area contributed by atoms with E-state index in [2.05, 4.69) is 30.9 Å². The Kier molecular flexibility index (Phi) is 2.80. The number of hydrogen-bond acceptors (Lipinski definition) is 6. The van der Waals surface area contributed by atoms with E-state index < -0.39 is 0 Å². The molecule has 74 valence electrons. The summed E-state index contributed by atoms with van der Waals surface area (Å²) in [6.07, 6.45) is 1.85. The Hall–Kier alpha value is -1.34. The van der Waals surface area contributed by atoms with Crippen molar-refractivity contribution in [1.82, 2.24) is 30.9 Å². The number of H-pyrrole nitrogens is 1. The zero-order valence-corrected chi connectivity index (χ0v) is 8.45. The summed E-state index contributed by atoms with van der Waals surface area (Å²) in [4.78, 5) is 5.19. The lowest BCUT2D eigenvalue weighted by Gasteiger charge is -2.07. The summed E-state index contributed by atoms with van der Waals surface area (Å²) >= 11 is 1.62. The zero-order valence-electron chi connectivity index (χ0n) is 7.64. The topological polar surface area (TPSA) is 79.4 Å². The molecule has 0 aromatic carbocycles. The van der Waals surface area contributed by atoms with Crippen molar-refractivity contribution in [2.24, 2.45) is 0 Å². The van der Waals surface area contributed by atoms with Crippen molar-refractivity contribution in [3.8, 4) is 0 Å². The highest BCUT2D eigenvalue weighted by Gasteiger charge is 2.09. The predicted molar refractivity (Wildman–Crippen MR) is 51.5 cm³/mol. The molecule has 0 amide bonds. The number of nitrogens with zero attached hydrogens (tertiary/aromatic N) is 4. The Balaban J connectivity index is 1.87. The second-order valence-electron chi connectivity index (χ2n) is 2.84. The highest BCUT2D eigenvalue weighted by atomic mass is 32.1. The zero-order chi connectivity index (χ0) is 9.80. The van der Waals surface area contributed by atoms with Crippen LogP contribution in [0, 0.1) is 0 Å². The van der Waals surface area contributed by atoms with Crippen LogP contribution in [0.4, 0.5) is 0 Å². The third-order valence-corrected chi connectivity index (χ3v) is 2.59. The van der Waals surface area contributed by atoms with Crippen LogP contribution in [0.15, 0.2) is 11.7 Å². The second kappa shape index (κ2) is 4.25. The maximum Gasteiger partial charge on any atom is 0.191 e. The predicted octanol–water partition coefficient (Wildman–Crippen LogP) is 0.507. The van der Waals surface area contributed by atoms with Crippen molar-refractivity contribution in [2.75, 3.05) is 0 Å². The van der Waals surface area contributed by atoms with E-state index in [0.717, 1.165) is 6.54 Å². The number of aromatic amines is 1. The molecule has 0 saturated carbocycles.